The second-order valence-electron chi connectivity index (χ2n) is 6.11. The minimum absolute atomic E-state index is 0.212. The molecule has 0 radical (unpaired) electrons. The van der Waals surface area contributed by atoms with Crippen LogP contribution in [0.25, 0.3) is 0 Å². The lowest BCUT2D eigenvalue weighted by Gasteiger charge is -2.19. The Bertz CT molecular complexity index is 423. The Kier molecular flexibility index (Phi) is 6.05. The quantitative estimate of drug-likeness (QED) is 0.662. The molecule has 2 N–H and O–H groups in total. The number of rotatable bonds is 5. The molecule has 0 aromatic heterocycles. The highest BCUT2D eigenvalue weighted by molar-refractivity contribution is 5.77. The number of nitrogens with two attached hydrogens (primary N) is 1. The van der Waals surface area contributed by atoms with Gasteiger partial charge in [-0.1, -0.05) is 45.0 Å². The summed E-state index contributed by atoms with van der Waals surface area (Å²) in [6, 6.07) is 8.83. The molecule has 0 spiro atoms. The predicted molar refractivity (Wildman–Crippen MR) is 88.3 cm³/mol. The Hall–Kier alpha value is -1.51. The molecular formula is C17H29N3. The number of nitrogens with zero attached hydrogens (tertiary/aromatic N) is 2. The first-order chi connectivity index (χ1) is 9.38. The van der Waals surface area contributed by atoms with Crippen LogP contribution in [-0.2, 0) is 11.8 Å². The Morgan fingerprint density at radius 3 is 2.10 bits per heavy atom. The number of aliphatic imine (C=N–C) groups is 1. The molecule has 1 aromatic rings. The molecule has 1 aromatic carbocycles. The number of hydrogen-bond acceptors (Lipinski definition) is 1. The van der Waals surface area contributed by atoms with Gasteiger partial charge in [0.05, 0.1) is 0 Å². The SMILES string of the molecule is CCN(CC)C(N)=NCCc1ccc(C(C)(C)C)cc1. The fraction of sp³-hybridized carbons (Fsp3) is 0.588. The molecule has 1 rings (SSSR count). The van der Waals surface area contributed by atoms with Crippen molar-refractivity contribution >= 4 is 5.96 Å². The fourth-order valence-corrected chi connectivity index (χ4v) is 2.12. The maximum atomic E-state index is 5.96. The summed E-state index contributed by atoms with van der Waals surface area (Å²) in [5.74, 6) is 0.654. The molecule has 0 atom stereocenters. The minimum Gasteiger partial charge on any atom is -0.370 e. The first-order valence-electron chi connectivity index (χ1n) is 7.52. The lowest BCUT2D eigenvalue weighted by molar-refractivity contribution is 0.458. The molecule has 0 aliphatic rings. The normalized spacial score (nSPS) is 12.6. The Balaban J connectivity index is 2.56. The standard InChI is InChI=1S/C17H29N3/c1-6-20(7-2)16(18)19-13-12-14-8-10-15(11-9-14)17(3,4)5/h8-11H,6-7,12-13H2,1-5H3,(H2,18,19). The van der Waals surface area contributed by atoms with E-state index >= 15 is 0 Å². The molecule has 0 heterocycles. The summed E-state index contributed by atoms with van der Waals surface area (Å²) in [7, 11) is 0. The van der Waals surface area contributed by atoms with Gasteiger partial charge in [-0.15, -0.1) is 0 Å². The monoisotopic (exact) mass is 275 g/mol. The molecule has 0 saturated heterocycles. The summed E-state index contributed by atoms with van der Waals surface area (Å²) in [4.78, 5) is 6.53. The average molecular weight is 275 g/mol. The van der Waals surface area contributed by atoms with Gasteiger partial charge in [-0.25, -0.2) is 0 Å². The van der Waals surface area contributed by atoms with Crippen molar-refractivity contribution in [2.24, 2.45) is 10.7 Å². The Morgan fingerprint density at radius 2 is 1.65 bits per heavy atom. The van der Waals surface area contributed by atoms with Gasteiger partial charge in [0, 0.05) is 19.6 Å². The van der Waals surface area contributed by atoms with Crippen molar-refractivity contribution in [1.82, 2.24) is 4.90 Å². The molecule has 0 aliphatic heterocycles. The summed E-state index contributed by atoms with van der Waals surface area (Å²) in [6.07, 6.45) is 0.937. The predicted octanol–water partition coefficient (Wildman–Crippen LogP) is 3.18. The second-order valence-corrected chi connectivity index (χ2v) is 6.11. The highest BCUT2D eigenvalue weighted by Gasteiger charge is 2.12. The van der Waals surface area contributed by atoms with E-state index < -0.39 is 0 Å². The molecule has 0 bridgehead atoms. The van der Waals surface area contributed by atoms with Crippen LogP contribution < -0.4 is 5.73 Å². The highest BCUT2D eigenvalue weighted by atomic mass is 15.2. The first kappa shape index (κ1) is 16.5. The van der Waals surface area contributed by atoms with Gasteiger partial charge in [0.25, 0.3) is 0 Å². The Labute approximate surface area is 123 Å². The van der Waals surface area contributed by atoms with E-state index in [0.29, 0.717) is 5.96 Å². The number of hydrogen-bond donors (Lipinski definition) is 1. The molecular weight excluding hydrogens is 246 g/mol. The molecule has 20 heavy (non-hydrogen) atoms. The first-order valence-corrected chi connectivity index (χ1v) is 7.52. The van der Waals surface area contributed by atoms with Gasteiger partial charge in [-0.3, -0.25) is 4.99 Å². The number of benzene rings is 1. The van der Waals surface area contributed by atoms with E-state index in [2.05, 4.69) is 68.8 Å². The lowest BCUT2D eigenvalue weighted by Crippen LogP contribution is -2.37. The van der Waals surface area contributed by atoms with Crippen LogP contribution in [-0.4, -0.2) is 30.5 Å². The van der Waals surface area contributed by atoms with E-state index in [-0.39, 0.29) is 5.41 Å². The molecule has 112 valence electrons. The van der Waals surface area contributed by atoms with E-state index in [0.717, 1.165) is 26.1 Å². The van der Waals surface area contributed by atoms with Crippen LogP contribution in [0.4, 0.5) is 0 Å². The summed E-state index contributed by atoms with van der Waals surface area (Å²) >= 11 is 0. The van der Waals surface area contributed by atoms with Crippen LogP contribution >= 0.6 is 0 Å². The van der Waals surface area contributed by atoms with Crippen molar-refractivity contribution in [2.45, 2.75) is 46.5 Å². The third-order valence-electron chi connectivity index (χ3n) is 3.58. The largest absolute Gasteiger partial charge is 0.370 e. The molecule has 0 amide bonds. The van der Waals surface area contributed by atoms with Gasteiger partial charge in [0.15, 0.2) is 5.96 Å². The molecule has 0 unspecified atom stereocenters. The Morgan fingerprint density at radius 1 is 1.10 bits per heavy atom. The molecule has 0 fully saturated rings. The molecule has 0 aliphatic carbocycles. The third-order valence-corrected chi connectivity index (χ3v) is 3.58. The summed E-state index contributed by atoms with van der Waals surface area (Å²) in [5, 5.41) is 0. The zero-order chi connectivity index (χ0) is 15.2. The third kappa shape index (κ3) is 4.87. The van der Waals surface area contributed by atoms with E-state index in [1.165, 1.54) is 11.1 Å². The highest BCUT2D eigenvalue weighted by Crippen LogP contribution is 2.22. The van der Waals surface area contributed by atoms with Crippen LogP contribution in [0.1, 0.15) is 45.7 Å². The summed E-state index contributed by atoms with van der Waals surface area (Å²) < 4.78 is 0. The zero-order valence-corrected chi connectivity index (χ0v) is 13.6. The van der Waals surface area contributed by atoms with Gasteiger partial charge in [0.2, 0.25) is 0 Å². The summed E-state index contributed by atoms with van der Waals surface area (Å²) in [5.41, 5.74) is 8.85. The minimum atomic E-state index is 0.212. The second kappa shape index (κ2) is 7.32. The average Bonchev–Trinajstić information content (AvgIpc) is 2.39. The van der Waals surface area contributed by atoms with Crippen LogP contribution in [0.2, 0.25) is 0 Å². The van der Waals surface area contributed by atoms with E-state index in [4.69, 9.17) is 5.73 Å². The van der Waals surface area contributed by atoms with Crippen molar-refractivity contribution in [2.75, 3.05) is 19.6 Å². The van der Waals surface area contributed by atoms with Gasteiger partial charge in [0.1, 0.15) is 0 Å². The van der Waals surface area contributed by atoms with Gasteiger partial charge in [-0.2, -0.15) is 0 Å². The molecule has 0 saturated carbocycles. The van der Waals surface area contributed by atoms with E-state index in [1.54, 1.807) is 0 Å². The lowest BCUT2D eigenvalue weighted by atomic mass is 9.86. The van der Waals surface area contributed by atoms with Gasteiger partial charge < -0.3 is 10.6 Å². The van der Waals surface area contributed by atoms with Crippen LogP contribution in [0.15, 0.2) is 29.3 Å². The molecule has 3 nitrogen and oxygen atoms in total. The van der Waals surface area contributed by atoms with Crippen molar-refractivity contribution < 1.29 is 0 Å². The van der Waals surface area contributed by atoms with Crippen LogP contribution in [0.5, 0.6) is 0 Å². The maximum Gasteiger partial charge on any atom is 0.191 e. The van der Waals surface area contributed by atoms with Crippen LogP contribution in [0.3, 0.4) is 0 Å². The number of guanidine groups is 1. The van der Waals surface area contributed by atoms with Gasteiger partial charge in [-0.05, 0) is 36.8 Å². The van der Waals surface area contributed by atoms with Crippen molar-refractivity contribution in [3.8, 4) is 0 Å². The smallest absolute Gasteiger partial charge is 0.191 e. The fourth-order valence-electron chi connectivity index (χ4n) is 2.12. The maximum absolute atomic E-state index is 5.96. The summed E-state index contributed by atoms with van der Waals surface area (Å²) in [6.45, 7) is 13.5. The molecule has 3 heteroatoms. The van der Waals surface area contributed by atoms with E-state index in [1.807, 2.05) is 0 Å². The van der Waals surface area contributed by atoms with Crippen LogP contribution in [0, 0.1) is 0 Å². The van der Waals surface area contributed by atoms with E-state index in [9.17, 15) is 0 Å². The van der Waals surface area contributed by atoms with Crippen molar-refractivity contribution in [1.29, 1.82) is 0 Å². The topological polar surface area (TPSA) is 41.6 Å². The van der Waals surface area contributed by atoms with Crippen molar-refractivity contribution in [3.05, 3.63) is 35.4 Å². The zero-order valence-electron chi connectivity index (χ0n) is 13.6. The van der Waals surface area contributed by atoms with Crippen molar-refractivity contribution in [3.63, 3.8) is 0 Å². The van der Waals surface area contributed by atoms with Gasteiger partial charge >= 0.3 is 0 Å².